The van der Waals surface area contributed by atoms with Gasteiger partial charge in [-0.3, -0.25) is 9.48 Å². The monoisotopic (exact) mass is 412 g/mol. The first-order valence-corrected chi connectivity index (χ1v) is 9.15. The van der Waals surface area contributed by atoms with Crippen LogP contribution in [0.3, 0.4) is 0 Å². The number of rotatable bonds is 5. The number of halogens is 2. The maximum Gasteiger partial charge on any atom is 0.279 e. The van der Waals surface area contributed by atoms with Crippen molar-refractivity contribution in [1.82, 2.24) is 14.9 Å². The minimum atomic E-state index is -0.402. The van der Waals surface area contributed by atoms with E-state index in [2.05, 4.69) is 15.6 Å². The van der Waals surface area contributed by atoms with Gasteiger partial charge in [0.25, 0.3) is 5.91 Å². The molecule has 2 heterocycles. The van der Waals surface area contributed by atoms with Gasteiger partial charge in [-0.25, -0.2) is 0 Å². The van der Waals surface area contributed by atoms with Crippen LogP contribution in [-0.4, -0.2) is 20.8 Å². The lowest BCUT2D eigenvalue weighted by molar-refractivity contribution is 0.101. The van der Waals surface area contributed by atoms with Gasteiger partial charge in [0, 0.05) is 33.9 Å². The fourth-order valence-corrected chi connectivity index (χ4v) is 3.11. The van der Waals surface area contributed by atoms with Crippen LogP contribution in [0.25, 0.3) is 11.3 Å². The zero-order valence-electron chi connectivity index (χ0n) is 14.5. The molecule has 0 fully saturated rings. The number of benzene rings is 2. The molecule has 0 aliphatic rings. The third-order valence-electron chi connectivity index (χ3n) is 4.03. The average molecular weight is 413 g/mol. The van der Waals surface area contributed by atoms with Gasteiger partial charge in [0.1, 0.15) is 0 Å². The topological polar surface area (TPSA) is 73.0 Å². The van der Waals surface area contributed by atoms with Gasteiger partial charge in [-0.2, -0.15) is 5.10 Å². The van der Waals surface area contributed by atoms with Gasteiger partial charge in [0.05, 0.1) is 6.54 Å². The van der Waals surface area contributed by atoms with Gasteiger partial charge < -0.3 is 9.84 Å². The first kappa shape index (κ1) is 18.3. The van der Waals surface area contributed by atoms with E-state index in [-0.39, 0.29) is 5.69 Å². The summed E-state index contributed by atoms with van der Waals surface area (Å²) in [5.41, 5.74) is 1.89. The highest BCUT2D eigenvalue weighted by Crippen LogP contribution is 2.22. The molecule has 6 nitrogen and oxygen atoms in total. The fraction of sp³-hybridized carbons (Fsp3) is 0.0500. The number of carbonyl (C=O) groups excluding carboxylic acids is 1. The number of hydrogen-bond donors (Lipinski definition) is 1. The molecule has 0 saturated carbocycles. The molecule has 2 aromatic heterocycles. The van der Waals surface area contributed by atoms with E-state index in [1.165, 1.54) is 0 Å². The highest BCUT2D eigenvalue weighted by atomic mass is 35.5. The summed E-state index contributed by atoms with van der Waals surface area (Å²) >= 11 is 12.1. The maximum atomic E-state index is 12.4. The third kappa shape index (κ3) is 4.08. The van der Waals surface area contributed by atoms with Crippen LogP contribution in [0.5, 0.6) is 0 Å². The number of hydrogen-bond acceptors (Lipinski definition) is 4. The zero-order chi connectivity index (χ0) is 19.5. The molecule has 0 saturated heterocycles. The molecule has 0 aliphatic heterocycles. The number of nitrogens with zero attached hydrogens (tertiary/aromatic N) is 3. The van der Waals surface area contributed by atoms with Gasteiger partial charge in [-0.05, 0) is 17.7 Å². The van der Waals surface area contributed by atoms with E-state index in [0.717, 1.165) is 11.1 Å². The maximum absolute atomic E-state index is 12.4. The third-order valence-corrected chi connectivity index (χ3v) is 4.62. The molecule has 28 heavy (non-hydrogen) atoms. The predicted molar refractivity (Wildman–Crippen MR) is 108 cm³/mol. The summed E-state index contributed by atoms with van der Waals surface area (Å²) in [6, 6.07) is 18.0. The van der Waals surface area contributed by atoms with E-state index >= 15 is 0 Å². The van der Waals surface area contributed by atoms with Crippen molar-refractivity contribution in [2.45, 2.75) is 6.54 Å². The van der Waals surface area contributed by atoms with Gasteiger partial charge in [-0.1, -0.05) is 64.8 Å². The van der Waals surface area contributed by atoms with Crippen molar-refractivity contribution in [1.29, 1.82) is 0 Å². The first-order chi connectivity index (χ1) is 13.6. The van der Waals surface area contributed by atoms with E-state index < -0.39 is 5.91 Å². The van der Waals surface area contributed by atoms with Crippen LogP contribution in [0.15, 0.2) is 71.4 Å². The molecular formula is C20H14Cl2N4O2. The van der Waals surface area contributed by atoms with Crippen molar-refractivity contribution in [2.75, 3.05) is 5.32 Å². The highest BCUT2D eigenvalue weighted by molar-refractivity contribution is 6.35. The summed E-state index contributed by atoms with van der Waals surface area (Å²) in [6.07, 6.45) is 1.75. The lowest BCUT2D eigenvalue weighted by Crippen LogP contribution is -2.13. The minimum Gasteiger partial charge on any atom is -0.355 e. The number of amides is 1. The van der Waals surface area contributed by atoms with Crippen molar-refractivity contribution in [3.8, 4) is 11.3 Å². The Morgan fingerprint density at radius 2 is 1.89 bits per heavy atom. The van der Waals surface area contributed by atoms with Gasteiger partial charge in [0.15, 0.2) is 17.3 Å². The zero-order valence-corrected chi connectivity index (χ0v) is 16.0. The summed E-state index contributed by atoms with van der Waals surface area (Å²) < 4.78 is 6.92. The molecular weight excluding hydrogens is 399 g/mol. The minimum absolute atomic E-state index is 0.175. The second-order valence-electron chi connectivity index (χ2n) is 6.03. The van der Waals surface area contributed by atoms with Crippen LogP contribution in [0.4, 0.5) is 5.82 Å². The standard InChI is InChI=1S/C20H14Cl2N4O2/c21-15-7-6-14(16(22)10-15)12-26-9-8-19(24-26)23-20(27)17-11-18(28-25-17)13-4-2-1-3-5-13/h1-11H,12H2,(H,23,24,27). The Kier molecular flexibility index (Phi) is 5.14. The smallest absolute Gasteiger partial charge is 0.279 e. The molecule has 4 rings (SSSR count). The molecule has 0 radical (unpaired) electrons. The Balaban J connectivity index is 1.44. The van der Waals surface area contributed by atoms with E-state index in [9.17, 15) is 4.79 Å². The van der Waals surface area contributed by atoms with E-state index in [1.54, 1.807) is 35.1 Å². The van der Waals surface area contributed by atoms with E-state index in [4.69, 9.17) is 27.7 Å². The number of carbonyl (C=O) groups is 1. The SMILES string of the molecule is O=C(Nc1ccn(Cc2ccc(Cl)cc2Cl)n1)c1cc(-c2ccccc2)on1. The number of aromatic nitrogens is 3. The van der Waals surface area contributed by atoms with Crippen LogP contribution in [-0.2, 0) is 6.54 Å². The number of nitrogens with one attached hydrogen (secondary N) is 1. The lowest BCUT2D eigenvalue weighted by atomic mass is 10.1. The normalized spacial score (nSPS) is 10.8. The van der Waals surface area contributed by atoms with Crippen LogP contribution in [0.1, 0.15) is 16.1 Å². The average Bonchev–Trinajstić information content (AvgIpc) is 3.35. The largest absolute Gasteiger partial charge is 0.355 e. The lowest BCUT2D eigenvalue weighted by Gasteiger charge is -2.05. The molecule has 140 valence electrons. The summed E-state index contributed by atoms with van der Waals surface area (Å²) in [4.78, 5) is 12.4. The van der Waals surface area contributed by atoms with Gasteiger partial charge >= 0.3 is 0 Å². The Bertz CT molecular complexity index is 1120. The summed E-state index contributed by atoms with van der Waals surface area (Å²) in [5, 5.41) is 12.0. The van der Waals surface area contributed by atoms with Crippen LogP contribution in [0, 0.1) is 0 Å². The molecule has 0 atom stereocenters. The Morgan fingerprint density at radius 1 is 1.07 bits per heavy atom. The molecule has 0 bridgehead atoms. The van der Waals surface area contributed by atoms with Gasteiger partial charge in [-0.15, -0.1) is 0 Å². The predicted octanol–water partition coefficient (Wildman–Crippen LogP) is 5.15. The summed E-state index contributed by atoms with van der Waals surface area (Å²) in [7, 11) is 0. The molecule has 8 heteroatoms. The van der Waals surface area contributed by atoms with Crippen molar-refractivity contribution in [2.24, 2.45) is 0 Å². The van der Waals surface area contributed by atoms with Crippen molar-refractivity contribution in [3.63, 3.8) is 0 Å². The molecule has 4 aromatic rings. The molecule has 0 spiro atoms. The molecule has 1 N–H and O–H groups in total. The Labute approximate surface area is 170 Å². The Hall–Kier alpha value is -3.09. The molecule has 1 amide bonds. The van der Waals surface area contributed by atoms with E-state index in [0.29, 0.717) is 28.2 Å². The summed E-state index contributed by atoms with van der Waals surface area (Å²) in [6.45, 7) is 0.452. The first-order valence-electron chi connectivity index (χ1n) is 8.39. The quantitative estimate of drug-likeness (QED) is 0.492. The van der Waals surface area contributed by atoms with Gasteiger partial charge in [0.2, 0.25) is 0 Å². The number of anilines is 1. The van der Waals surface area contributed by atoms with Crippen LogP contribution < -0.4 is 5.32 Å². The van der Waals surface area contributed by atoms with E-state index in [1.807, 2.05) is 36.4 Å². The van der Waals surface area contributed by atoms with Crippen molar-refractivity contribution >= 4 is 34.9 Å². The fourth-order valence-electron chi connectivity index (χ4n) is 2.64. The molecule has 0 aliphatic carbocycles. The van der Waals surface area contributed by atoms with Crippen molar-refractivity contribution in [3.05, 3.63) is 88.2 Å². The highest BCUT2D eigenvalue weighted by Gasteiger charge is 2.15. The second kappa shape index (κ2) is 7.88. The van der Waals surface area contributed by atoms with Crippen molar-refractivity contribution < 1.29 is 9.32 Å². The Morgan fingerprint density at radius 3 is 2.68 bits per heavy atom. The summed E-state index contributed by atoms with van der Waals surface area (Å²) in [5.74, 6) is 0.522. The van der Waals surface area contributed by atoms with Crippen LogP contribution in [0.2, 0.25) is 10.0 Å². The molecule has 2 aromatic carbocycles. The van der Waals surface area contributed by atoms with Crippen LogP contribution >= 0.6 is 23.2 Å². The second-order valence-corrected chi connectivity index (χ2v) is 6.87. The molecule has 0 unspecified atom stereocenters.